The first kappa shape index (κ1) is 12.7. The fourth-order valence-corrected chi connectivity index (χ4v) is 1.80. The fourth-order valence-electron chi connectivity index (χ4n) is 1.80. The second-order valence-corrected chi connectivity index (χ2v) is 4.35. The summed E-state index contributed by atoms with van der Waals surface area (Å²) in [5.74, 6) is -2.59. The number of rotatable bonds is 2. The predicted molar refractivity (Wildman–Crippen MR) is 63.5 cm³/mol. The molecule has 1 heterocycles. The number of hydrogen-bond donors (Lipinski definition) is 0. The highest BCUT2D eigenvalue weighted by Crippen LogP contribution is 2.22. The molecule has 1 aliphatic heterocycles. The van der Waals surface area contributed by atoms with Crippen LogP contribution in [0.2, 0.25) is 0 Å². The smallest absolute Gasteiger partial charge is 0.134 e. The Balaban J connectivity index is 2.27. The van der Waals surface area contributed by atoms with E-state index in [1.165, 1.54) is 6.34 Å². The number of halogens is 3. The first-order chi connectivity index (χ1) is 8.49. The van der Waals surface area contributed by atoms with Gasteiger partial charge in [-0.2, -0.15) is 0 Å². The average Bonchev–Trinajstić information content (AvgIpc) is 2.28. The van der Waals surface area contributed by atoms with Gasteiger partial charge in [0.2, 0.25) is 0 Å². The molecule has 2 nitrogen and oxygen atoms in total. The molecule has 0 aromatic heterocycles. The van der Waals surface area contributed by atoms with Crippen LogP contribution in [0.3, 0.4) is 0 Å². The number of benzene rings is 1. The summed E-state index contributed by atoms with van der Waals surface area (Å²) in [6.07, 6.45) is 1.50. The molecule has 0 fully saturated rings. The van der Waals surface area contributed by atoms with E-state index >= 15 is 0 Å². The third-order valence-corrected chi connectivity index (χ3v) is 2.97. The van der Waals surface area contributed by atoms with Gasteiger partial charge in [0.15, 0.2) is 0 Å². The van der Waals surface area contributed by atoms with Crippen molar-refractivity contribution in [1.29, 1.82) is 0 Å². The lowest BCUT2D eigenvalue weighted by atomic mass is 10.1. The monoisotopic (exact) mass is 254 g/mol. The molecule has 18 heavy (non-hydrogen) atoms. The lowest BCUT2D eigenvalue weighted by molar-refractivity contribution is 0.405. The van der Waals surface area contributed by atoms with Gasteiger partial charge in [0, 0.05) is 35.9 Å². The van der Waals surface area contributed by atoms with Crippen LogP contribution >= 0.6 is 0 Å². The predicted octanol–water partition coefficient (Wildman–Crippen LogP) is 3.10. The molecule has 1 aliphatic rings. The summed E-state index contributed by atoms with van der Waals surface area (Å²) in [5, 5.41) is 0. The Kier molecular flexibility index (Phi) is 3.41. The van der Waals surface area contributed by atoms with Crippen molar-refractivity contribution in [3.05, 3.63) is 47.4 Å². The minimum atomic E-state index is -0.923. The van der Waals surface area contributed by atoms with Crippen LogP contribution in [0, 0.1) is 23.4 Å². The Hall–Kier alpha value is -1.78. The molecule has 2 rings (SSSR count). The molecule has 0 N–H and O–H groups in total. The Morgan fingerprint density at radius 3 is 2.56 bits per heavy atom. The van der Waals surface area contributed by atoms with Crippen LogP contribution in [-0.2, 0) is 6.54 Å². The Morgan fingerprint density at radius 1 is 1.33 bits per heavy atom. The van der Waals surface area contributed by atoms with Gasteiger partial charge < -0.3 is 4.90 Å². The van der Waals surface area contributed by atoms with E-state index in [1.54, 1.807) is 4.90 Å². The van der Waals surface area contributed by atoms with Gasteiger partial charge in [-0.1, -0.05) is 13.5 Å². The molecular weight excluding hydrogens is 241 g/mol. The van der Waals surface area contributed by atoms with Crippen molar-refractivity contribution in [1.82, 2.24) is 4.90 Å². The van der Waals surface area contributed by atoms with Gasteiger partial charge in [-0.3, -0.25) is 4.99 Å². The van der Waals surface area contributed by atoms with Crippen LogP contribution < -0.4 is 0 Å². The third-order valence-electron chi connectivity index (χ3n) is 2.97. The summed E-state index contributed by atoms with van der Waals surface area (Å²) in [4.78, 5) is 5.66. The van der Waals surface area contributed by atoms with Crippen LogP contribution in [-0.4, -0.2) is 17.8 Å². The maximum absolute atomic E-state index is 13.5. The number of hydrogen-bond acceptors (Lipinski definition) is 2. The van der Waals surface area contributed by atoms with Gasteiger partial charge in [-0.05, 0) is 0 Å². The normalized spacial score (nSPS) is 19.4. The van der Waals surface area contributed by atoms with Crippen molar-refractivity contribution in [3.63, 3.8) is 0 Å². The summed E-state index contributed by atoms with van der Waals surface area (Å²) in [6.45, 7) is 6.38. The van der Waals surface area contributed by atoms with E-state index in [1.807, 2.05) is 6.92 Å². The second-order valence-electron chi connectivity index (χ2n) is 4.35. The molecule has 0 radical (unpaired) electrons. The van der Waals surface area contributed by atoms with Crippen LogP contribution in [0.25, 0.3) is 0 Å². The van der Waals surface area contributed by atoms with Crippen molar-refractivity contribution in [2.24, 2.45) is 10.9 Å². The minimum absolute atomic E-state index is 0.0371. The molecule has 0 amide bonds. The molecule has 1 aromatic carbocycles. The molecule has 0 bridgehead atoms. The summed E-state index contributed by atoms with van der Waals surface area (Å²) in [7, 11) is 0. The van der Waals surface area contributed by atoms with Crippen LogP contribution in [0.4, 0.5) is 13.2 Å². The zero-order valence-corrected chi connectivity index (χ0v) is 9.96. The van der Waals surface area contributed by atoms with Crippen molar-refractivity contribution in [2.45, 2.75) is 13.5 Å². The molecule has 0 saturated heterocycles. The lowest BCUT2D eigenvalue weighted by Gasteiger charge is -2.29. The molecular formula is C13H13F3N2. The van der Waals surface area contributed by atoms with Crippen molar-refractivity contribution < 1.29 is 13.2 Å². The van der Waals surface area contributed by atoms with Gasteiger partial charge in [-0.15, -0.1) is 0 Å². The van der Waals surface area contributed by atoms with E-state index in [-0.39, 0.29) is 18.0 Å². The summed E-state index contributed by atoms with van der Waals surface area (Å²) >= 11 is 0. The molecule has 96 valence electrons. The van der Waals surface area contributed by atoms with Gasteiger partial charge in [-0.25, -0.2) is 13.2 Å². The summed E-state index contributed by atoms with van der Waals surface area (Å²) < 4.78 is 39.8. The zero-order valence-electron chi connectivity index (χ0n) is 9.96. The largest absolute Gasteiger partial charge is 0.332 e. The zero-order chi connectivity index (χ0) is 13.3. The summed E-state index contributed by atoms with van der Waals surface area (Å²) in [5.41, 5.74) is 0.561. The van der Waals surface area contributed by atoms with E-state index in [9.17, 15) is 13.2 Å². The highest BCUT2D eigenvalue weighted by molar-refractivity contribution is 5.59. The molecule has 1 aromatic rings. The molecule has 1 unspecified atom stereocenters. The van der Waals surface area contributed by atoms with Gasteiger partial charge in [0.25, 0.3) is 0 Å². The molecule has 0 saturated carbocycles. The van der Waals surface area contributed by atoms with E-state index < -0.39 is 17.5 Å². The van der Waals surface area contributed by atoms with Crippen LogP contribution in [0.15, 0.2) is 29.4 Å². The van der Waals surface area contributed by atoms with Crippen LogP contribution in [0.1, 0.15) is 12.5 Å². The van der Waals surface area contributed by atoms with Gasteiger partial charge >= 0.3 is 0 Å². The van der Waals surface area contributed by atoms with E-state index in [2.05, 4.69) is 11.6 Å². The molecule has 1 atom stereocenters. The van der Waals surface area contributed by atoms with Crippen molar-refractivity contribution >= 4 is 6.34 Å². The Bertz CT molecular complexity index is 488. The highest BCUT2D eigenvalue weighted by Gasteiger charge is 2.20. The third kappa shape index (κ3) is 2.39. The maximum Gasteiger partial charge on any atom is 0.134 e. The fraction of sp³-hybridized carbons (Fsp3) is 0.308. The number of nitrogens with zero attached hydrogens (tertiary/aromatic N) is 2. The summed E-state index contributed by atoms with van der Waals surface area (Å²) in [6, 6.07) is 1.34. The van der Waals surface area contributed by atoms with E-state index in [0.717, 1.165) is 5.70 Å². The molecule has 5 heteroatoms. The maximum atomic E-state index is 13.5. The highest BCUT2D eigenvalue weighted by atomic mass is 19.1. The standard InChI is InChI=1S/C13H13F3N2/c1-8-5-17-7-18(9(8)2)6-11-12(15)3-10(14)4-13(11)16/h3-4,7-8H,2,5-6H2,1H3. The Morgan fingerprint density at radius 2 is 1.94 bits per heavy atom. The Labute approximate surface area is 103 Å². The van der Waals surface area contributed by atoms with E-state index in [0.29, 0.717) is 18.7 Å². The van der Waals surface area contributed by atoms with E-state index in [4.69, 9.17) is 0 Å². The lowest BCUT2D eigenvalue weighted by Crippen LogP contribution is -2.30. The average molecular weight is 254 g/mol. The SMILES string of the molecule is C=C1C(C)CN=CN1Cc1c(F)cc(F)cc1F. The minimum Gasteiger partial charge on any atom is -0.332 e. The van der Waals surface area contributed by atoms with Crippen molar-refractivity contribution in [3.8, 4) is 0 Å². The van der Waals surface area contributed by atoms with Gasteiger partial charge in [0.05, 0.1) is 12.9 Å². The van der Waals surface area contributed by atoms with Gasteiger partial charge in [0.1, 0.15) is 17.5 Å². The van der Waals surface area contributed by atoms with Crippen molar-refractivity contribution in [2.75, 3.05) is 6.54 Å². The number of aliphatic imine (C=N–C) groups is 1. The molecule has 0 aliphatic carbocycles. The topological polar surface area (TPSA) is 15.6 Å². The second kappa shape index (κ2) is 4.84. The first-order valence-electron chi connectivity index (χ1n) is 5.58. The first-order valence-corrected chi connectivity index (χ1v) is 5.58. The van der Waals surface area contributed by atoms with Crippen LogP contribution in [0.5, 0.6) is 0 Å². The quantitative estimate of drug-likeness (QED) is 0.791. The molecule has 0 spiro atoms.